The maximum Gasteiger partial charge on any atom is 0.326 e. The molecule has 1 N–H and O–H groups in total. The molecule has 120 valence electrons. The zero-order chi connectivity index (χ0) is 15.4. The predicted octanol–water partition coefficient (Wildman–Crippen LogP) is 2.86. The van der Waals surface area contributed by atoms with Crippen molar-refractivity contribution in [2.75, 3.05) is 32.6 Å². The number of hydrogen-bond donors (Lipinski definition) is 1. The van der Waals surface area contributed by atoms with E-state index in [9.17, 15) is 4.79 Å². The molecule has 0 aromatic heterocycles. The van der Waals surface area contributed by atoms with Crippen LogP contribution in [-0.2, 0) is 14.3 Å². The highest BCUT2D eigenvalue weighted by atomic mass is 32.2. The molecule has 5 heteroatoms. The molecule has 2 atom stereocenters. The average molecular weight is 305 g/mol. The normalized spacial score (nSPS) is 15.7. The highest BCUT2D eigenvalue weighted by molar-refractivity contribution is 7.99. The van der Waals surface area contributed by atoms with Crippen molar-refractivity contribution in [1.82, 2.24) is 5.32 Å². The largest absolute Gasteiger partial charge is 0.465 e. The highest BCUT2D eigenvalue weighted by Crippen LogP contribution is 2.24. The standard InChI is InChI=1S/C15H31NO3S/c1-6-9-16-15(4,14(17)19-7-2)12-13(3)20-11-8-10-18-5/h13,16H,6-12H2,1-5H3. The van der Waals surface area contributed by atoms with Gasteiger partial charge in [0.15, 0.2) is 0 Å². The van der Waals surface area contributed by atoms with Crippen molar-refractivity contribution in [3.63, 3.8) is 0 Å². The van der Waals surface area contributed by atoms with Crippen LogP contribution in [0.2, 0.25) is 0 Å². The molecule has 0 aromatic carbocycles. The van der Waals surface area contributed by atoms with Crippen LogP contribution in [0.4, 0.5) is 0 Å². The van der Waals surface area contributed by atoms with E-state index in [1.165, 1.54) is 0 Å². The van der Waals surface area contributed by atoms with Crippen LogP contribution in [0.25, 0.3) is 0 Å². The summed E-state index contributed by atoms with van der Waals surface area (Å²) >= 11 is 1.88. The lowest BCUT2D eigenvalue weighted by atomic mass is 9.96. The van der Waals surface area contributed by atoms with Crippen LogP contribution in [-0.4, -0.2) is 49.4 Å². The van der Waals surface area contributed by atoms with Crippen molar-refractivity contribution in [1.29, 1.82) is 0 Å². The van der Waals surface area contributed by atoms with Crippen molar-refractivity contribution in [3.8, 4) is 0 Å². The van der Waals surface area contributed by atoms with Crippen molar-refractivity contribution >= 4 is 17.7 Å². The van der Waals surface area contributed by atoms with Crippen LogP contribution in [0, 0.1) is 0 Å². The summed E-state index contributed by atoms with van der Waals surface area (Å²) in [5, 5.41) is 3.76. The average Bonchev–Trinajstić information content (AvgIpc) is 2.41. The van der Waals surface area contributed by atoms with Gasteiger partial charge in [0.2, 0.25) is 0 Å². The maximum absolute atomic E-state index is 12.2. The molecule has 0 saturated heterocycles. The third kappa shape index (κ3) is 8.12. The van der Waals surface area contributed by atoms with Crippen LogP contribution in [0.5, 0.6) is 0 Å². The van der Waals surface area contributed by atoms with Gasteiger partial charge in [0.05, 0.1) is 6.61 Å². The molecule has 0 aliphatic rings. The molecule has 20 heavy (non-hydrogen) atoms. The Hall–Kier alpha value is -0.260. The maximum atomic E-state index is 12.2. The Bertz CT molecular complexity index is 264. The van der Waals surface area contributed by atoms with Crippen LogP contribution >= 0.6 is 11.8 Å². The number of esters is 1. The van der Waals surface area contributed by atoms with Gasteiger partial charge in [0.25, 0.3) is 0 Å². The van der Waals surface area contributed by atoms with E-state index in [-0.39, 0.29) is 5.97 Å². The molecule has 0 aromatic rings. The van der Waals surface area contributed by atoms with Crippen molar-refractivity contribution in [3.05, 3.63) is 0 Å². The van der Waals surface area contributed by atoms with Gasteiger partial charge in [-0.1, -0.05) is 13.8 Å². The van der Waals surface area contributed by atoms with Gasteiger partial charge in [0, 0.05) is 19.0 Å². The number of hydrogen-bond acceptors (Lipinski definition) is 5. The van der Waals surface area contributed by atoms with E-state index >= 15 is 0 Å². The second-order valence-corrected chi connectivity index (χ2v) is 6.76. The summed E-state index contributed by atoms with van der Waals surface area (Å²) in [6.45, 7) is 10.1. The lowest BCUT2D eigenvalue weighted by Gasteiger charge is -2.31. The Morgan fingerprint density at radius 2 is 2.10 bits per heavy atom. The van der Waals surface area contributed by atoms with Crippen LogP contribution in [0.15, 0.2) is 0 Å². The van der Waals surface area contributed by atoms with E-state index in [2.05, 4.69) is 19.2 Å². The minimum absolute atomic E-state index is 0.141. The molecule has 0 aliphatic heterocycles. The molecular formula is C15H31NO3S. The highest BCUT2D eigenvalue weighted by Gasteiger charge is 2.35. The van der Waals surface area contributed by atoms with Crippen molar-refractivity contribution in [2.24, 2.45) is 0 Å². The van der Waals surface area contributed by atoms with Crippen molar-refractivity contribution < 1.29 is 14.3 Å². The fourth-order valence-electron chi connectivity index (χ4n) is 2.04. The summed E-state index contributed by atoms with van der Waals surface area (Å²) < 4.78 is 10.3. The summed E-state index contributed by atoms with van der Waals surface area (Å²) in [7, 11) is 1.72. The zero-order valence-electron chi connectivity index (χ0n) is 13.7. The molecular weight excluding hydrogens is 274 g/mol. The topological polar surface area (TPSA) is 47.6 Å². The summed E-state index contributed by atoms with van der Waals surface area (Å²) in [5.74, 6) is 0.916. The molecule has 0 fully saturated rings. The minimum Gasteiger partial charge on any atom is -0.465 e. The van der Waals surface area contributed by atoms with Gasteiger partial charge in [-0.15, -0.1) is 0 Å². The number of carbonyl (C=O) groups excluding carboxylic acids is 1. The van der Waals surface area contributed by atoms with Crippen LogP contribution < -0.4 is 5.32 Å². The lowest BCUT2D eigenvalue weighted by molar-refractivity contribution is -0.150. The number of carbonyl (C=O) groups is 1. The number of ether oxygens (including phenoxy) is 2. The van der Waals surface area contributed by atoms with Gasteiger partial charge in [0.1, 0.15) is 5.54 Å². The molecule has 0 spiro atoms. The number of thioether (sulfide) groups is 1. The van der Waals surface area contributed by atoms with E-state index in [1.54, 1.807) is 7.11 Å². The lowest BCUT2D eigenvalue weighted by Crippen LogP contribution is -2.52. The molecule has 0 bridgehead atoms. The predicted molar refractivity (Wildman–Crippen MR) is 86.4 cm³/mol. The van der Waals surface area contributed by atoms with Gasteiger partial charge in [-0.2, -0.15) is 11.8 Å². The quantitative estimate of drug-likeness (QED) is 0.444. The first kappa shape index (κ1) is 19.7. The van der Waals surface area contributed by atoms with E-state index < -0.39 is 5.54 Å². The number of rotatable bonds is 12. The fraction of sp³-hybridized carbons (Fsp3) is 0.933. The van der Waals surface area contributed by atoms with Crippen molar-refractivity contribution in [2.45, 2.75) is 57.7 Å². The molecule has 2 unspecified atom stereocenters. The second-order valence-electron chi connectivity index (χ2n) is 5.21. The fourth-order valence-corrected chi connectivity index (χ4v) is 3.18. The zero-order valence-corrected chi connectivity index (χ0v) is 14.5. The Kier molecular flexibility index (Phi) is 11.3. The van der Waals surface area contributed by atoms with Crippen LogP contribution in [0.1, 0.15) is 47.0 Å². The van der Waals surface area contributed by atoms with E-state index in [4.69, 9.17) is 9.47 Å². The first-order valence-corrected chi connectivity index (χ1v) is 8.57. The third-order valence-electron chi connectivity index (χ3n) is 3.08. The Balaban J connectivity index is 4.35. The molecule has 0 heterocycles. The Morgan fingerprint density at radius 1 is 1.40 bits per heavy atom. The third-order valence-corrected chi connectivity index (χ3v) is 4.34. The SMILES string of the molecule is CCCNC(C)(CC(C)SCCCOC)C(=O)OCC. The first-order chi connectivity index (χ1) is 9.50. The summed E-state index contributed by atoms with van der Waals surface area (Å²) in [6.07, 6.45) is 2.83. The summed E-state index contributed by atoms with van der Waals surface area (Å²) in [6, 6.07) is 0. The number of methoxy groups -OCH3 is 1. The molecule has 0 rings (SSSR count). The van der Waals surface area contributed by atoms with E-state index in [0.29, 0.717) is 11.9 Å². The summed E-state index contributed by atoms with van der Waals surface area (Å²) in [5.41, 5.74) is -0.584. The van der Waals surface area contributed by atoms with Crippen LogP contribution in [0.3, 0.4) is 0 Å². The Morgan fingerprint density at radius 3 is 2.65 bits per heavy atom. The molecule has 0 amide bonds. The molecule has 4 nitrogen and oxygen atoms in total. The van der Waals surface area contributed by atoms with Gasteiger partial charge < -0.3 is 14.8 Å². The molecule has 0 saturated carbocycles. The van der Waals surface area contributed by atoms with Gasteiger partial charge in [-0.25, -0.2) is 0 Å². The van der Waals surface area contributed by atoms with Gasteiger partial charge in [-0.05, 0) is 45.4 Å². The monoisotopic (exact) mass is 305 g/mol. The smallest absolute Gasteiger partial charge is 0.326 e. The van der Waals surface area contributed by atoms with E-state index in [0.717, 1.165) is 38.2 Å². The number of nitrogens with one attached hydrogen (secondary N) is 1. The Labute approximate surface area is 128 Å². The molecule has 0 radical (unpaired) electrons. The van der Waals surface area contributed by atoms with Gasteiger partial charge in [-0.3, -0.25) is 4.79 Å². The second kappa shape index (κ2) is 11.4. The van der Waals surface area contributed by atoms with Gasteiger partial charge >= 0.3 is 5.97 Å². The van der Waals surface area contributed by atoms with E-state index in [1.807, 2.05) is 25.6 Å². The molecule has 0 aliphatic carbocycles. The minimum atomic E-state index is -0.584. The first-order valence-electron chi connectivity index (χ1n) is 7.53. The summed E-state index contributed by atoms with van der Waals surface area (Å²) in [4.78, 5) is 12.2.